The van der Waals surface area contributed by atoms with Gasteiger partial charge in [0.25, 0.3) is 11.8 Å². The lowest BCUT2D eigenvalue weighted by molar-refractivity contribution is -0.121. The summed E-state index contributed by atoms with van der Waals surface area (Å²) in [6, 6.07) is 13.0. The number of hydrogen-bond acceptors (Lipinski definition) is 5. The van der Waals surface area contributed by atoms with Gasteiger partial charge in [0.2, 0.25) is 0 Å². The maximum absolute atomic E-state index is 13.8. The Morgan fingerprint density at radius 1 is 0.909 bits per heavy atom. The minimum atomic E-state index is -0.303. The summed E-state index contributed by atoms with van der Waals surface area (Å²) in [5, 5.41) is 0. The van der Waals surface area contributed by atoms with Gasteiger partial charge in [-0.1, -0.05) is 18.2 Å². The predicted molar refractivity (Wildman–Crippen MR) is 129 cm³/mol. The van der Waals surface area contributed by atoms with E-state index in [9.17, 15) is 9.59 Å². The van der Waals surface area contributed by atoms with E-state index in [1.807, 2.05) is 64.6 Å². The van der Waals surface area contributed by atoms with Crippen LogP contribution >= 0.6 is 0 Å². The molecule has 0 radical (unpaired) electrons. The predicted octanol–water partition coefficient (Wildman–Crippen LogP) is 4.48. The van der Waals surface area contributed by atoms with Gasteiger partial charge in [-0.05, 0) is 82.5 Å². The van der Waals surface area contributed by atoms with Crippen molar-refractivity contribution in [1.29, 1.82) is 0 Å². The minimum absolute atomic E-state index is 0.0355. The highest BCUT2D eigenvalue weighted by Gasteiger charge is 2.44. The highest BCUT2D eigenvalue weighted by molar-refractivity contribution is 6.45. The van der Waals surface area contributed by atoms with Crippen molar-refractivity contribution in [2.45, 2.75) is 59.9 Å². The Hall–Kier alpha value is -3.12. The van der Waals surface area contributed by atoms with Crippen LogP contribution in [-0.2, 0) is 14.3 Å². The lowest BCUT2D eigenvalue weighted by Gasteiger charge is -2.37. The first-order valence-corrected chi connectivity index (χ1v) is 11.5. The Labute approximate surface area is 195 Å². The lowest BCUT2D eigenvalue weighted by atomic mass is 9.99. The van der Waals surface area contributed by atoms with Gasteiger partial charge in [-0.3, -0.25) is 9.59 Å². The third kappa shape index (κ3) is 4.53. The molecule has 0 N–H and O–H groups in total. The molecule has 2 amide bonds. The van der Waals surface area contributed by atoms with Crippen LogP contribution in [0.4, 0.5) is 5.69 Å². The maximum atomic E-state index is 13.8. The van der Waals surface area contributed by atoms with Gasteiger partial charge in [0.15, 0.2) is 0 Å². The number of imide groups is 1. The second kappa shape index (κ2) is 9.02. The average molecular weight is 449 g/mol. The van der Waals surface area contributed by atoms with Crippen LogP contribution in [0.25, 0.3) is 5.57 Å². The van der Waals surface area contributed by atoms with Crippen molar-refractivity contribution >= 4 is 23.1 Å². The third-order valence-corrected chi connectivity index (χ3v) is 6.06. The monoisotopic (exact) mass is 448 g/mol. The van der Waals surface area contributed by atoms with Gasteiger partial charge in [-0.25, -0.2) is 4.90 Å². The summed E-state index contributed by atoms with van der Waals surface area (Å²) in [5.74, 6) is 0.0980. The fourth-order valence-corrected chi connectivity index (χ4v) is 4.51. The van der Waals surface area contributed by atoms with E-state index in [0.29, 0.717) is 35.8 Å². The van der Waals surface area contributed by atoms with Gasteiger partial charge in [0.05, 0.1) is 29.6 Å². The number of anilines is 1. The van der Waals surface area contributed by atoms with E-state index >= 15 is 0 Å². The second-order valence-electron chi connectivity index (χ2n) is 9.29. The topological polar surface area (TPSA) is 59.1 Å². The molecule has 0 saturated carbocycles. The molecule has 33 heavy (non-hydrogen) atoms. The zero-order valence-electron chi connectivity index (χ0n) is 20.2. The van der Waals surface area contributed by atoms with Crippen LogP contribution in [0, 0.1) is 13.8 Å². The van der Waals surface area contributed by atoms with E-state index < -0.39 is 0 Å². The van der Waals surface area contributed by atoms with E-state index in [1.54, 1.807) is 24.3 Å². The zero-order valence-corrected chi connectivity index (χ0v) is 20.2. The van der Waals surface area contributed by atoms with Crippen molar-refractivity contribution in [2.24, 2.45) is 0 Å². The zero-order chi connectivity index (χ0) is 23.9. The Morgan fingerprint density at radius 2 is 1.55 bits per heavy atom. The van der Waals surface area contributed by atoms with E-state index in [0.717, 1.165) is 16.7 Å². The molecule has 2 aliphatic rings. The largest absolute Gasteiger partial charge is 0.491 e. The van der Waals surface area contributed by atoms with Crippen molar-refractivity contribution in [3.8, 4) is 5.75 Å². The minimum Gasteiger partial charge on any atom is -0.491 e. The van der Waals surface area contributed by atoms with Crippen LogP contribution in [0.1, 0.15) is 44.4 Å². The van der Waals surface area contributed by atoms with Crippen molar-refractivity contribution in [3.63, 3.8) is 0 Å². The number of benzene rings is 2. The van der Waals surface area contributed by atoms with Crippen LogP contribution < -0.4 is 9.64 Å². The Kier molecular flexibility index (Phi) is 6.30. The van der Waals surface area contributed by atoms with E-state index in [2.05, 4.69) is 0 Å². The number of aryl methyl sites for hydroxylation is 2. The molecule has 2 aromatic rings. The number of hydrogen-bond donors (Lipinski definition) is 0. The average Bonchev–Trinajstić information content (AvgIpc) is 3.00. The van der Waals surface area contributed by atoms with Crippen LogP contribution in [0.2, 0.25) is 0 Å². The molecule has 0 bridgehead atoms. The summed E-state index contributed by atoms with van der Waals surface area (Å²) in [4.78, 5) is 30.8. The first-order valence-electron chi connectivity index (χ1n) is 11.5. The van der Waals surface area contributed by atoms with E-state index in [1.165, 1.54) is 4.90 Å². The van der Waals surface area contributed by atoms with Gasteiger partial charge in [-0.2, -0.15) is 0 Å². The quantitative estimate of drug-likeness (QED) is 0.631. The smallest absolute Gasteiger partial charge is 0.282 e. The fraction of sp³-hybridized carbons (Fsp3) is 0.407. The number of nitrogens with zero attached hydrogens (tertiary/aromatic N) is 2. The number of ether oxygens (including phenoxy) is 2. The molecule has 1 saturated heterocycles. The summed E-state index contributed by atoms with van der Waals surface area (Å²) in [5.41, 5.74) is 4.42. The fourth-order valence-electron chi connectivity index (χ4n) is 4.51. The molecule has 1 fully saturated rings. The standard InChI is InChI=1S/C27H32N2O4/c1-16(2)32-23-11-9-22(10-12-23)29-26(30)24(21-8-7-17(3)18(4)13-21)25(27(29)31)28-14-19(5)33-20(6)15-28/h7-13,16,19-20H,14-15H2,1-6H3. The van der Waals surface area contributed by atoms with Crippen LogP contribution in [0.15, 0.2) is 48.2 Å². The number of carbonyl (C=O) groups excluding carboxylic acids is 2. The first-order chi connectivity index (χ1) is 15.7. The highest BCUT2D eigenvalue weighted by Crippen LogP contribution is 2.37. The molecule has 174 valence electrons. The molecule has 2 atom stereocenters. The van der Waals surface area contributed by atoms with Crippen molar-refractivity contribution in [3.05, 3.63) is 64.9 Å². The second-order valence-corrected chi connectivity index (χ2v) is 9.29. The molecule has 2 unspecified atom stereocenters. The van der Waals surface area contributed by atoms with Crippen LogP contribution in [-0.4, -0.2) is 48.1 Å². The van der Waals surface area contributed by atoms with E-state index in [4.69, 9.17) is 9.47 Å². The molecule has 0 aliphatic carbocycles. The summed E-state index contributed by atoms with van der Waals surface area (Å²) in [7, 11) is 0. The number of rotatable bonds is 5. The summed E-state index contributed by atoms with van der Waals surface area (Å²) in [6.45, 7) is 13.1. The molecule has 0 spiro atoms. The summed E-state index contributed by atoms with van der Waals surface area (Å²) < 4.78 is 11.6. The van der Waals surface area contributed by atoms with Gasteiger partial charge < -0.3 is 14.4 Å². The maximum Gasteiger partial charge on any atom is 0.282 e. The lowest BCUT2D eigenvalue weighted by Crippen LogP contribution is -2.47. The first kappa shape index (κ1) is 23.1. The van der Waals surface area contributed by atoms with Gasteiger partial charge in [0.1, 0.15) is 11.4 Å². The van der Waals surface area contributed by atoms with Crippen molar-refractivity contribution in [1.82, 2.24) is 4.90 Å². The molecule has 2 heterocycles. The van der Waals surface area contributed by atoms with Crippen molar-refractivity contribution in [2.75, 3.05) is 18.0 Å². The van der Waals surface area contributed by atoms with Gasteiger partial charge >= 0.3 is 0 Å². The number of carbonyl (C=O) groups is 2. The molecular weight excluding hydrogens is 416 g/mol. The number of morpholine rings is 1. The Balaban J connectivity index is 1.78. The molecule has 2 aromatic carbocycles. The number of amides is 2. The summed E-state index contributed by atoms with van der Waals surface area (Å²) >= 11 is 0. The summed E-state index contributed by atoms with van der Waals surface area (Å²) in [6.07, 6.45) is -0.0285. The molecule has 6 nitrogen and oxygen atoms in total. The molecular formula is C27H32N2O4. The Morgan fingerprint density at radius 3 is 2.12 bits per heavy atom. The Bertz CT molecular complexity index is 1090. The van der Waals surface area contributed by atoms with Gasteiger partial charge in [-0.15, -0.1) is 0 Å². The van der Waals surface area contributed by atoms with E-state index in [-0.39, 0.29) is 30.1 Å². The van der Waals surface area contributed by atoms with Crippen molar-refractivity contribution < 1.29 is 19.1 Å². The SMILES string of the molecule is Cc1ccc(C2=C(N3CC(C)OC(C)C3)C(=O)N(c3ccc(OC(C)C)cc3)C2=O)cc1C. The molecule has 4 rings (SSSR count). The van der Waals surface area contributed by atoms with Gasteiger partial charge in [0, 0.05) is 13.1 Å². The third-order valence-electron chi connectivity index (χ3n) is 6.06. The molecule has 6 heteroatoms. The normalized spacial score (nSPS) is 21.4. The van der Waals surface area contributed by atoms with Crippen LogP contribution in [0.5, 0.6) is 5.75 Å². The van der Waals surface area contributed by atoms with Crippen LogP contribution in [0.3, 0.4) is 0 Å². The highest BCUT2D eigenvalue weighted by atomic mass is 16.5. The molecule has 2 aliphatic heterocycles. The molecule has 0 aromatic heterocycles.